The standard InChI is InChI=1S/C11H15NO4S/c1-6(13)17-5-9(14)11(16)7-3-2-4-8(12)10(7)15/h2-4,9,11,14-16H,5,12H2,1H3. The minimum atomic E-state index is -1.27. The number of anilines is 1. The van der Waals surface area contributed by atoms with Crippen LogP contribution in [0, 0.1) is 0 Å². The number of aliphatic hydroxyl groups excluding tert-OH is 2. The largest absolute Gasteiger partial charge is 0.505 e. The molecule has 0 radical (unpaired) electrons. The van der Waals surface area contributed by atoms with Crippen LogP contribution in [0.2, 0.25) is 0 Å². The summed E-state index contributed by atoms with van der Waals surface area (Å²) in [4.78, 5) is 10.7. The van der Waals surface area contributed by atoms with Gasteiger partial charge in [0.05, 0.1) is 11.8 Å². The normalized spacial score (nSPS) is 14.3. The summed E-state index contributed by atoms with van der Waals surface area (Å²) in [7, 11) is 0. The molecule has 1 aromatic rings. The van der Waals surface area contributed by atoms with Crippen molar-refractivity contribution in [2.45, 2.75) is 19.1 Å². The summed E-state index contributed by atoms with van der Waals surface area (Å²) in [6.45, 7) is 1.38. The first-order valence-electron chi connectivity index (χ1n) is 5.00. The fourth-order valence-corrected chi connectivity index (χ4v) is 1.91. The molecule has 94 valence electrons. The third-order valence-corrected chi connectivity index (χ3v) is 3.15. The molecule has 0 amide bonds. The van der Waals surface area contributed by atoms with E-state index in [0.29, 0.717) is 0 Å². The van der Waals surface area contributed by atoms with Gasteiger partial charge in [-0.1, -0.05) is 23.9 Å². The average molecular weight is 257 g/mol. The Morgan fingerprint density at radius 3 is 2.71 bits per heavy atom. The monoisotopic (exact) mass is 257 g/mol. The maximum absolute atomic E-state index is 10.7. The van der Waals surface area contributed by atoms with E-state index in [1.807, 2.05) is 0 Å². The van der Waals surface area contributed by atoms with Crippen LogP contribution in [0.4, 0.5) is 5.69 Å². The van der Waals surface area contributed by atoms with Gasteiger partial charge >= 0.3 is 0 Å². The lowest BCUT2D eigenvalue weighted by molar-refractivity contribution is -0.109. The Hall–Kier alpha value is -1.24. The smallest absolute Gasteiger partial charge is 0.185 e. The summed E-state index contributed by atoms with van der Waals surface area (Å²) < 4.78 is 0. The molecule has 2 atom stereocenters. The van der Waals surface area contributed by atoms with Gasteiger partial charge in [-0.05, 0) is 6.07 Å². The highest BCUT2D eigenvalue weighted by Gasteiger charge is 2.22. The highest BCUT2D eigenvalue weighted by Crippen LogP contribution is 2.31. The van der Waals surface area contributed by atoms with Crippen molar-refractivity contribution in [2.24, 2.45) is 0 Å². The summed E-state index contributed by atoms with van der Waals surface area (Å²) in [5.74, 6) is -0.183. The van der Waals surface area contributed by atoms with Crippen LogP contribution in [0.1, 0.15) is 18.6 Å². The molecule has 0 aliphatic carbocycles. The topological polar surface area (TPSA) is 104 Å². The van der Waals surface area contributed by atoms with Crippen LogP contribution in [-0.4, -0.2) is 32.3 Å². The molecule has 0 spiro atoms. The number of rotatable bonds is 4. The molecule has 1 rings (SSSR count). The number of carbonyl (C=O) groups excluding carboxylic acids is 1. The van der Waals surface area contributed by atoms with Crippen LogP contribution in [0.3, 0.4) is 0 Å². The zero-order valence-electron chi connectivity index (χ0n) is 9.33. The molecule has 0 heterocycles. The highest BCUT2D eigenvalue weighted by molar-refractivity contribution is 8.13. The minimum Gasteiger partial charge on any atom is -0.505 e. The SMILES string of the molecule is CC(=O)SCC(O)C(O)c1cccc(N)c1O. The Morgan fingerprint density at radius 1 is 1.47 bits per heavy atom. The van der Waals surface area contributed by atoms with Crippen LogP contribution in [-0.2, 0) is 4.79 Å². The van der Waals surface area contributed by atoms with E-state index in [4.69, 9.17) is 5.73 Å². The number of carbonyl (C=O) groups is 1. The third kappa shape index (κ3) is 3.62. The Balaban J connectivity index is 2.77. The lowest BCUT2D eigenvalue weighted by atomic mass is 10.0. The molecule has 0 aliphatic heterocycles. The molecule has 0 bridgehead atoms. The van der Waals surface area contributed by atoms with E-state index < -0.39 is 12.2 Å². The number of aliphatic hydroxyl groups is 2. The maximum atomic E-state index is 10.7. The molecule has 0 aliphatic rings. The van der Waals surface area contributed by atoms with Crippen molar-refractivity contribution >= 4 is 22.6 Å². The first kappa shape index (κ1) is 13.8. The van der Waals surface area contributed by atoms with Gasteiger partial charge in [0.1, 0.15) is 11.9 Å². The summed E-state index contributed by atoms with van der Waals surface area (Å²) >= 11 is 0.911. The van der Waals surface area contributed by atoms with Gasteiger partial charge in [0.25, 0.3) is 0 Å². The predicted molar refractivity (Wildman–Crippen MR) is 66.6 cm³/mol. The van der Waals surface area contributed by atoms with E-state index in [9.17, 15) is 20.1 Å². The highest BCUT2D eigenvalue weighted by atomic mass is 32.2. The minimum absolute atomic E-state index is 0.0603. The van der Waals surface area contributed by atoms with E-state index >= 15 is 0 Å². The van der Waals surface area contributed by atoms with Crippen LogP contribution < -0.4 is 5.73 Å². The number of phenols is 1. The number of hydrogen-bond acceptors (Lipinski definition) is 6. The van der Waals surface area contributed by atoms with Crippen molar-refractivity contribution in [3.63, 3.8) is 0 Å². The van der Waals surface area contributed by atoms with Gasteiger partial charge in [0.15, 0.2) is 5.12 Å². The molecule has 5 nitrogen and oxygen atoms in total. The maximum Gasteiger partial charge on any atom is 0.185 e. The Kier molecular flexibility index (Phi) is 4.80. The first-order valence-corrected chi connectivity index (χ1v) is 5.99. The number of nitrogens with two attached hydrogens (primary N) is 1. The van der Waals surface area contributed by atoms with Crippen molar-refractivity contribution in [3.05, 3.63) is 23.8 Å². The Labute approximate surface area is 103 Å². The number of aromatic hydroxyl groups is 1. The van der Waals surface area contributed by atoms with Gasteiger partial charge in [-0.2, -0.15) is 0 Å². The molecule has 1 aromatic carbocycles. The second-order valence-corrected chi connectivity index (χ2v) is 4.80. The zero-order chi connectivity index (χ0) is 13.0. The fourth-order valence-electron chi connectivity index (χ4n) is 1.32. The second kappa shape index (κ2) is 5.90. The second-order valence-electron chi connectivity index (χ2n) is 3.60. The molecular weight excluding hydrogens is 242 g/mol. The van der Waals surface area contributed by atoms with Crippen molar-refractivity contribution in [3.8, 4) is 5.75 Å². The van der Waals surface area contributed by atoms with E-state index in [-0.39, 0.29) is 27.9 Å². The fraction of sp³-hybridized carbons (Fsp3) is 0.364. The molecule has 0 saturated heterocycles. The summed E-state index contributed by atoms with van der Waals surface area (Å²) in [5, 5.41) is 29.0. The molecule has 0 saturated carbocycles. The Bertz CT molecular complexity index is 410. The predicted octanol–water partition coefficient (Wildman–Crippen LogP) is 0.648. The van der Waals surface area contributed by atoms with Gasteiger partial charge in [0.2, 0.25) is 0 Å². The number of thioether (sulfide) groups is 1. The summed E-state index contributed by atoms with van der Waals surface area (Å²) in [6, 6.07) is 4.53. The molecule has 5 N–H and O–H groups in total. The van der Waals surface area contributed by atoms with Crippen molar-refractivity contribution in [2.75, 3.05) is 11.5 Å². The van der Waals surface area contributed by atoms with E-state index in [0.717, 1.165) is 11.8 Å². The van der Waals surface area contributed by atoms with Crippen molar-refractivity contribution in [1.82, 2.24) is 0 Å². The number of benzene rings is 1. The van der Waals surface area contributed by atoms with E-state index in [2.05, 4.69) is 0 Å². The molecule has 2 unspecified atom stereocenters. The Morgan fingerprint density at radius 2 is 2.12 bits per heavy atom. The lowest BCUT2D eigenvalue weighted by Crippen LogP contribution is -2.21. The van der Waals surface area contributed by atoms with Crippen molar-refractivity contribution in [1.29, 1.82) is 0 Å². The van der Waals surface area contributed by atoms with E-state index in [1.165, 1.54) is 19.1 Å². The quantitative estimate of drug-likeness (QED) is 0.466. The number of nitrogen functional groups attached to an aromatic ring is 1. The first-order chi connectivity index (χ1) is 7.93. The van der Waals surface area contributed by atoms with Gasteiger partial charge < -0.3 is 21.1 Å². The third-order valence-electron chi connectivity index (χ3n) is 2.24. The number of para-hydroxylation sites is 1. The van der Waals surface area contributed by atoms with Gasteiger partial charge in [-0.15, -0.1) is 0 Å². The van der Waals surface area contributed by atoms with Crippen molar-refractivity contribution < 1.29 is 20.1 Å². The van der Waals surface area contributed by atoms with Gasteiger partial charge in [-0.25, -0.2) is 0 Å². The van der Waals surface area contributed by atoms with Crippen LogP contribution in [0.25, 0.3) is 0 Å². The van der Waals surface area contributed by atoms with E-state index in [1.54, 1.807) is 6.07 Å². The summed E-state index contributed by atoms with van der Waals surface area (Å²) in [5.41, 5.74) is 5.77. The van der Waals surface area contributed by atoms with Gasteiger partial charge in [0, 0.05) is 18.2 Å². The number of phenolic OH excluding ortho intramolecular Hbond substituents is 1. The van der Waals surface area contributed by atoms with Gasteiger partial charge in [-0.3, -0.25) is 4.79 Å². The molecule has 17 heavy (non-hydrogen) atoms. The van der Waals surface area contributed by atoms with Crippen LogP contribution in [0.15, 0.2) is 18.2 Å². The van der Waals surface area contributed by atoms with Crippen LogP contribution >= 0.6 is 11.8 Å². The summed E-state index contributed by atoms with van der Waals surface area (Å²) in [6.07, 6.45) is -2.41. The zero-order valence-corrected chi connectivity index (χ0v) is 10.1. The average Bonchev–Trinajstić information content (AvgIpc) is 2.28. The molecule has 6 heteroatoms. The lowest BCUT2D eigenvalue weighted by Gasteiger charge is -2.18. The molecule has 0 aromatic heterocycles. The number of hydrogen-bond donors (Lipinski definition) is 4. The molecule has 0 fully saturated rings. The van der Waals surface area contributed by atoms with Crippen LogP contribution in [0.5, 0.6) is 5.75 Å². The molecular formula is C11H15NO4S.